The molecule has 0 saturated heterocycles. The Morgan fingerprint density at radius 3 is 2.29 bits per heavy atom. The highest BCUT2D eigenvalue weighted by molar-refractivity contribution is 5.35. The van der Waals surface area contributed by atoms with E-state index in [4.69, 9.17) is 4.74 Å². The molecule has 0 aliphatic carbocycles. The van der Waals surface area contributed by atoms with Crippen molar-refractivity contribution < 1.29 is 4.74 Å². The Morgan fingerprint density at radius 2 is 1.71 bits per heavy atom. The summed E-state index contributed by atoms with van der Waals surface area (Å²) in [6, 6.07) is 9.07. The van der Waals surface area contributed by atoms with Gasteiger partial charge in [-0.1, -0.05) is 45.9 Å². The second-order valence-corrected chi connectivity index (χ2v) is 5.29. The van der Waals surface area contributed by atoms with Crippen LogP contribution in [-0.4, -0.2) is 12.6 Å². The Morgan fingerprint density at radius 1 is 1.06 bits per heavy atom. The Labute approximate surface area is 105 Å². The molecule has 96 valence electrons. The van der Waals surface area contributed by atoms with Gasteiger partial charge in [0.1, 0.15) is 5.75 Å². The van der Waals surface area contributed by atoms with E-state index in [1.807, 2.05) is 6.07 Å². The normalized spacial score (nSPS) is 13.1. The molecule has 0 aliphatic rings. The van der Waals surface area contributed by atoms with Crippen molar-refractivity contribution in [2.75, 3.05) is 6.61 Å². The van der Waals surface area contributed by atoms with Gasteiger partial charge < -0.3 is 10.1 Å². The van der Waals surface area contributed by atoms with E-state index in [1.165, 1.54) is 5.56 Å². The van der Waals surface area contributed by atoms with Crippen LogP contribution in [0.3, 0.4) is 0 Å². The fourth-order valence-electron chi connectivity index (χ4n) is 1.82. The highest BCUT2D eigenvalue weighted by atomic mass is 16.5. The zero-order valence-corrected chi connectivity index (χ0v) is 11.7. The summed E-state index contributed by atoms with van der Waals surface area (Å²) in [5.74, 6) is 1.55. The first kappa shape index (κ1) is 14.0. The molecule has 17 heavy (non-hydrogen) atoms. The molecular formula is C15H25NO. The van der Waals surface area contributed by atoms with E-state index in [2.05, 4.69) is 58.1 Å². The van der Waals surface area contributed by atoms with E-state index >= 15 is 0 Å². The van der Waals surface area contributed by atoms with Crippen molar-refractivity contribution in [1.29, 1.82) is 0 Å². The first-order chi connectivity index (χ1) is 8.00. The standard InChI is InChI=1S/C15H25NO/c1-11(2)10-17-15-9-7-6-8-14(15)13(5)16-12(3)4/h6-9,11-13,16H,10H2,1-5H3. The quantitative estimate of drug-likeness (QED) is 0.810. The third-order valence-corrected chi connectivity index (χ3v) is 2.54. The van der Waals surface area contributed by atoms with Crippen LogP contribution in [0.4, 0.5) is 0 Å². The molecule has 1 aromatic rings. The first-order valence-electron chi connectivity index (χ1n) is 6.48. The van der Waals surface area contributed by atoms with Gasteiger partial charge in [0.2, 0.25) is 0 Å². The topological polar surface area (TPSA) is 21.3 Å². The van der Waals surface area contributed by atoms with E-state index in [-0.39, 0.29) is 0 Å². The fraction of sp³-hybridized carbons (Fsp3) is 0.600. The van der Waals surface area contributed by atoms with Gasteiger partial charge in [0.15, 0.2) is 0 Å². The summed E-state index contributed by atoms with van der Waals surface area (Å²) in [5.41, 5.74) is 1.24. The van der Waals surface area contributed by atoms with Gasteiger partial charge >= 0.3 is 0 Å². The van der Waals surface area contributed by atoms with Crippen LogP contribution in [0.1, 0.15) is 46.2 Å². The molecule has 0 saturated carbocycles. The smallest absolute Gasteiger partial charge is 0.124 e. The van der Waals surface area contributed by atoms with E-state index in [1.54, 1.807) is 0 Å². The maximum Gasteiger partial charge on any atom is 0.124 e. The van der Waals surface area contributed by atoms with Crippen LogP contribution in [0.25, 0.3) is 0 Å². The average molecular weight is 235 g/mol. The van der Waals surface area contributed by atoms with E-state index in [0.717, 1.165) is 12.4 Å². The van der Waals surface area contributed by atoms with Gasteiger partial charge in [0.25, 0.3) is 0 Å². The summed E-state index contributed by atoms with van der Waals surface area (Å²) in [5, 5.41) is 3.51. The third kappa shape index (κ3) is 4.78. The Kier molecular flexibility index (Phi) is 5.49. The summed E-state index contributed by atoms with van der Waals surface area (Å²) in [6.45, 7) is 11.6. The molecule has 1 rings (SSSR count). The Hall–Kier alpha value is -1.02. The van der Waals surface area contributed by atoms with Gasteiger partial charge in [0.05, 0.1) is 6.61 Å². The zero-order valence-electron chi connectivity index (χ0n) is 11.7. The molecule has 1 atom stereocenters. The summed E-state index contributed by atoms with van der Waals surface area (Å²) >= 11 is 0. The van der Waals surface area contributed by atoms with Crippen molar-refractivity contribution in [1.82, 2.24) is 5.32 Å². The monoisotopic (exact) mass is 235 g/mol. The van der Waals surface area contributed by atoms with Gasteiger partial charge in [-0.05, 0) is 18.9 Å². The molecule has 0 radical (unpaired) electrons. The maximum atomic E-state index is 5.86. The van der Waals surface area contributed by atoms with Crippen LogP contribution >= 0.6 is 0 Å². The number of nitrogens with one attached hydrogen (secondary N) is 1. The molecule has 2 nitrogen and oxygen atoms in total. The van der Waals surface area contributed by atoms with Crippen LogP contribution in [-0.2, 0) is 0 Å². The third-order valence-electron chi connectivity index (χ3n) is 2.54. The lowest BCUT2D eigenvalue weighted by Crippen LogP contribution is -2.26. The van der Waals surface area contributed by atoms with Crippen molar-refractivity contribution in [2.45, 2.75) is 46.7 Å². The van der Waals surface area contributed by atoms with Crippen molar-refractivity contribution in [3.8, 4) is 5.75 Å². The number of hydrogen-bond donors (Lipinski definition) is 1. The van der Waals surface area contributed by atoms with Gasteiger partial charge in [-0.25, -0.2) is 0 Å². The number of ether oxygens (including phenoxy) is 1. The highest BCUT2D eigenvalue weighted by Crippen LogP contribution is 2.25. The second-order valence-electron chi connectivity index (χ2n) is 5.29. The van der Waals surface area contributed by atoms with E-state index < -0.39 is 0 Å². The second kappa shape index (κ2) is 6.65. The predicted octanol–water partition coefficient (Wildman–Crippen LogP) is 3.78. The lowest BCUT2D eigenvalue weighted by atomic mass is 10.1. The minimum absolute atomic E-state index is 0.318. The maximum absolute atomic E-state index is 5.86. The molecule has 0 aliphatic heterocycles. The van der Waals surface area contributed by atoms with Crippen LogP contribution in [0.5, 0.6) is 5.75 Å². The van der Waals surface area contributed by atoms with Crippen molar-refractivity contribution >= 4 is 0 Å². The molecule has 0 heterocycles. The largest absolute Gasteiger partial charge is 0.493 e. The van der Waals surface area contributed by atoms with Crippen LogP contribution in [0.15, 0.2) is 24.3 Å². The number of para-hydroxylation sites is 1. The van der Waals surface area contributed by atoms with Crippen molar-refractivity contribution in [3.63, 3.8) is 0 Å². The van der Waals surface area contributed by atoms with Gasteiger partial charge in [0, 0.05) is 17.6 Å². The molecule has 1 N–H and O–H groups in total. The fourth-order valence-corrected chi connectivity index (χ4v) is 1.82. The average Bonchev–Trinajstić information content (AvgIpc) is 2.25. The lowest BCUT2D eigenvalue weighted by Gasteiger charge is -2.20. The van der Waals surface area contributed by atoms with E-state index in [0.29, 0.717) is 18.0 Å². The molecule has 2 heteroatoms. The van der Waals surface area contributed by atoms with Crippen molar-refractivity contribution in [2.24, 2.45) is 5.92 Å². The SMILES string of the molecule is CC(C)COc1ccccc1C(C)NC(C)C. The van der Waals surface area contributed by atoms with Gasteiger partial charge in [-0.2, -0.15) is 0 Å². The number of hydrogen-bond acceptors (Lipinski definition) is 2. The molecule has 0 fully saturated rings. The zero-order chi connectivity index (χ0) is 12.8. The molecule has 0 aromatic heterocycles. The molecule has 1 aromatic carbocycles. The van der Waals surface area contributed by atoms with Gasteiger partial charge in [-0.15, -0.1) is 0 Å². The molecule has 0 bridgehead atoms. The summed E-state index contributed by atoms with van der Waals surface area (Å²) in [7, 11) is 0. The minimum Gasteiger partial charge on any atom is -0.493 e. The van der Waals surface area contributed by atoms with E-state index in [9.17, 15) is 0 Å². The number of rotatable bonds is 6. The highest BCUT2D eigenvalue weighted by Gasteiger charge is 2.12. The summed E-state index contributed by atoms with van der Waals surface area (Å²) in [6.07, 6.45) is 0. The predicted molar refractivity (Wildman–Crippen MR) is 73.5 cm³/mol. The Bertz CT molecular complexity index is 333. The lowest BCUT2D eigenvalue weighted by molar-refractivity contribution is 0.266. The molecule has 0 spiro atoms. The summed E-state index contributed by atoms with van der Waals surface area (Å²) in [4.78, 5) is 0. The molecule has 0 amide bonds. The molecule has 1 unspecified atom stereocenters. The molecular weight excluding hydrogens is 210 g/mol. The minimum atomic E-state index is 0.318. The van der Waals surface area contributed by atoms with Gasteiger partial charge in [-0.3, -0.25) is 0 Å². The summed E-state index contributed by atoms with van der Waals surface area (Å²) < 4.78 is 5.86. The van der Waals surface area contributed by atoms with Crippen LogP contribution in [0, 0.1) is 5.92 Å². The van der Waals surface area contributed by atoms with Crippen molar-refractivity contribution in [3.05, 3.63) is 29.8 Å². The van der Waals surface area contributed by atoms with Crippen LogP contribution in [0.2, 0.25) is 0 Å². The number of benzene rings is 1. The van der Waals surface area contributed by atoms with Crippen LogP contribution < -0.4 is 10.1 Å². The first-order valence-corrected chi connectivity index (χ1v) is 6.48. The Balaban J connectivity index is 2.76.